The summed E-state index contributed by atoms with van der Waals surface area (Å²) in [6, 6.07) is 14.8. The molecule has 0 spiro atoms. The zero-order chi connectivity index (χ0) is 25.8. The first-order chi connectivity index (χ1) is 17.2. The number of hydrogen-bond acceptors (Lipinski definition) is 8. The highest BCUT2D eigenvalue weighted by Crippen LogP contribution is 2.31. The molecule has 6 N–H and O–H groups in total. The number of aromatic hydroxyl groups is 4. The molecule has 1 heterocycles. The zero-order valence-corrected chi connectivity index (χ0v) is 19.3. The summed E-state index contributed by atoms with van der Waals surface area (Å²) in [7, 11) is 0. The van der Waals surface area contributed by atoms with E-state index in [1.165, 1.54) is 24.3 Å². The fourth-order valence-electron chi connectivity index (χ4n) is 3.71. The Bertz CT molecular complexity index is 1320. The number of carbonyl (C=O) groups is 2. The third kappa shape index (κ3) is 5.17. The number of nitrogens with one attached hydrogen (secondary N) is 2. The lowest BCUT2D eigenvalue weighted by molar-refractivity contribution is -0.123. The summed E-state index contributed by atoms with van der Waals surface area (Å²) < 4.78 is 5.63. The second-order valence-electron chi connectivity index (χ2n) is 8.24. The highest BCUT2D eigenvalue weighted by molar-refractivity contribution is 6.06. The van der Waals surface area contributed by atoms with Crippen LogP contribution in [0.5, 0.6) is 23.0 Å². The largest absolute Gasteiger partial charge is 0.504 e. The van der Waals surface area contributed by atoms with Gasteiger partial charge in [0, 0.05) is 12.2 Å². The quantitative estimate of drug-likeness (QED) is 0.277. The molecule has 0 bridgehead atoms. The maximum absolute atomic E-state index is 12.6. The van der Waals surface area contributed by atoms with Crippen molar-refractivity contribution in [2.45, 2.75) is 25.5 Å². The molecular formula is C26H25N3O7. The number of rotatable bonds is 7. The Morgan fingerprint density at radius 3 is 2.31 bits per heavy atom. The van der Waals surface area contributed by atoms with Gasteiger partial charge in [-0.05, 0) is 55.3 Å². The number of ether oxygens (including phenoxy) is 1. The summed E-state index contributed by atoms with van der Waals surface area (Å²) in [4.78, 5) is 29.3. The van der Waals surface area contributed by atoms with Crippen LogP contribution in [0.25, 0.3) is 0 Å². The lowest BCUT2D eigenvalue weighted by Gasteiger charge is -2.13. The van der Waals surface area contributed by atoms with Crippen LogP contribution in [-0.2, 0) is 16.0 Å². The second kappa shape index (κ2) is 10.3. The molecule has 0 aromatic heterocycles. The molecule has 1 aliphatic heterocycles. The number of nitrogens with zero attached hydrogens (tertiary/aromatic N) is 1. The molecule has 10 heteroatoms. The van der Waals surface area contributed by atoms with Gasteiger partial charge in [-0.1, -0.05) is 24.3 Å². The van der Waals surface area contributed by atoms with E-state index in [1.807, 2.05) is 0 Å². The summed E-state index contributed by atoms with van der Waals surface area (Å²) in [5.41, 5.74) is 1.59. The highest BCUT2D eigenvalue weighted by Gasteiger charge is 2.34. The van der Waals surface area contributed by atoms with E-state index in [9.17, 15) is 30.0 Å². The van der Waals surface area contributed by atoms with Crippen LogP contribution in [-0.4, -0.2) is 56.8 Å². The van der Waals surface area contributed by atoms with Gasteiger partial charge in [-0.15, -0.1) is 0 Å². The van der Waals surface area contributed by atoms with Crippen molar-refractivity contribution in [1.29, 1.82) is 0 Å². The standard InChI is InChI=1S/C26H25N3O7/c1-14-21(29-26(36-14)18-5-3-7-20(31)23(18)33)25(35)27-13-12-15-8-10-16(11-9-15)28-24(34)17-4-2-6-19(30)22(17)32/h2-11,14,21,30-33H,12-13H2,1H3,(H,27,35)(H,28,34). The number of carbonyl (C=O) groups excluding carboxylic acids is 2. The van der Waals surface area contributed by atoms with E-state index in [0.29, 0.717) is 18.7 Å². The Hall–Kier alpha value is -4.73. The smallest absolute Gasteiger partial charge is 0.259 e. The van der Waals surface area contributed by atoms with Crippen LogP contribution < -0.4 is 10.6 Å². The molecule has 2 atom stereocenters. The average Bonchev–Trinajstić information content (AvgIpc) is 3.25. The number of para-hydroxylation sites is 2. The van der Waals surface area contributed by atoms with Crippen LogP contribution in [0.3, 0.4) is 0 Å². The minimum atomic E-state index is -0.798. The first-order valence-electron chi connectivity index (χ1n) is 11.2. The normalized spacial score (nSPS) is 16.6. The van der Waals surface area contributed by atoms with Crippen molar-refractivity contribution < 1.29 is 34.8 Å². The van der Waals surface area contributed by atoms with Gasteiger partial charge in [0.15, 0.2) is 29.0 Å². The number of anilines is 1. The highest BCUT2D eigenvalue weighted by atomic mass is 16.5. The number of phenolic OH excluding ortho intramolecular Hbond substituents is 4. The van der Waals surface area contributed by atoms with E-state index in [1.54, 1.807) is 43.3 Å². The molecule has 10 nitrogen and oxygen atoms in total. The van der Waals surface area contributed by atoms with Gasteiger partial charge in [-0.2, -0.15) is 0 Å². The molecule has 0 fully saturated rings. The van der Waals surface area contributed by atoms with Gasteiger partial charge < -0.3 is 35.8 Å². The van der Waals surface area contributed by atoms with Gasteiger partial charge >= 0.3 is 0 Å². The lowest BCUT2D eigenvalue weighted by atomic mass is 10.1. The molecule has 186 valence electrons. The van der Waals surface area contributed by atoms with Crippen molar-refractivity contribution in [1.82, 2.24) is 5.32 Å². The topological polar surface area (TPSA) is 161 Å². The monoisotopic (exact) mass is 491 g/mol. The summed E-state index contributed by atoms with van der Waals surface area (Å²) in [5.74, 6) is -2.32. The van der Waals surface area contributed by atoms with E-state index >= 15 is 0 Å². The Kier molecular flexibility index (Phi) is 6.95. The fraction of sp³-hybridized carbons (Fsp3) is 0.192. The van der Waals surface area contributed by atoms with Gasteiger partial charge in [-0.25, -0.2) is 4.99 Å². The van der Waals surface area contributed by atoms with Crippen molar-refractivity contribution in [2.75, 3.05) is 11.9 Å². The minimum Gasteiger partial charge on any atom is -0.504 e. The van der Waals surface area contributed by atoms with Crippen molar-refractivity contribution >= 4 is 23.4 Å². The van der Waals surface area contributed by atoms with Gasteiger partial charge in [0.1, 0.15) is 6.10 Å². The van der Waals surface area contributed by atoms with E-state index in [4.69, 9.17) is 4.74 Å². The number of amides is 2. The number of phenols is 4. The van der Waals surface area contributed by atoms with Crippen molar-refractivity contribution in [3.63, 3.8) is 0 Å². The molecule has 0 aliphatic carbocycles. The Labute approximate surface area is 206 Å². The van der Waals surface area contributed by atoms with Crippen LogP contribution in [0.15, 0.2) is 65.7 Å². The SMILES string of the molecule is CC1OC(c2cccc(O)c2O)=NC1C(=O)NCCc1ccc(NC(=O)c2cccc(O)c2O)cc1. The van der Waals surface area contributed by atoms with Crippen LogP contribution >= 0.6 is 0 Å². The molecule has 0 saturated carbocycles. The predicted molar refractivity (Wildman–Crippen MR) is 132 cm³/mol. The van der Waals surface area contributed by atoms with Crippen LogP contribution in [0.4, 0.5) is 5.69 Å². The first kappa shape index (κ1) is 24.4. The maximum atomic E-state index is 12.6. The van der Waals surface area contributed by atoms with E-state index in [-0.39, 0.29) is 40.2 Å². The van der Waals surface area contributed by atoms with Gasteiger partial charge in [-0.3, -0.25) is 9.59 Å². The average molecular weight is 492 g/mol. The number of aliphatic imine (C=N–C) groups is 1. The first-order valence-corrected chi connectivity index (χ1v) is 11.2. The number of hydrogen-bond donors (Lipinski definition) is 6. The fourth-order valence-corrected chi connectivity index (χ4v) is 3.71. The second-order valence-corrected chi connectivity index (χ2v) is 8.24. The zero-order valence-electron chi connectivity index (χ0n) is 19.3. The molecule has 0 saturated heterocycles. The Balaban J connectivity index is 1.30. The third-order valence-electron chi connectivity index (χ3n) is 5.70. The summed E-state index contributed by atoms with van der Waals surface area (Å²) >= 11 is 0. The van der Waals surface area contributed by atoms with E-state index in [0.717, 1.165) is 5.56 Å². The Morgan fingerprint density at radius 2 is 1.58 bits per heavy atom. The van der Waals surface area contributed by atoms with Gasteiger partial charge in [0.05, 0.1) is 11.1 Å². The molecule has 0 radical (unpaired) electrons. The molecule has 1 aliphatic rings. The summed E-state index contributed by atoms with van der Waals surface area (Å²) in [6.45, 7) is 2.04. The minimum absolute atomic E-state index is 0.0444. The molecule has 3 aromatic carbocycles. The van der Waals surface area contributed by atoms with E-state index in [2.05, 4.69) is 15.6 Å². The molecule has 3 aromatic rings. The van der Waals surface area contributed by atoms with Crippen LogP contribution in [0.2, 0.25) is 0 Å². The number of benzene rings is 3. The van der Waals surface area contributed by atoms with Crippen LogP contribution in [0.1, 0.15) is 28.4 Å². The van der Waals surface area contributed by atoms with Crippen molar-refractivity contribution in [3.05, 3.63) is 77.4 Å². The van der Waals surface area contributed by atoms with Crippen molar-refractivity contribution in [3.8, 4) is 23.0 Å². The summed E-state index contributed by atoms with van der Waals surface area (Å²) in [6.07, 6.45) is -0.0188. The molecule has 2 amide bonds. The molecular weight excluding hydrogens is 466 g/mol. The third-order valence-corrected chi connectivity index (χ3v) is 5.70. The van der Waals surface area contributed by atoms with Gasteiger partial charge in [0.25, 0.3) is 5.91 Å². The van der Waals surface area contributed by atoms with Crippen molar-refractivity contribution in [2.24, 2.45) is 4.99 Å². The Morgan fingerprint density at radius 1 is 0.917 bits per heavy atom. The van der Waals surface area contributed by atoms with Gasteiger partial charge in [0.2, 0.25) is 11.8 Å². The van der Waals surface area contributed by atoms with E-state index < -0.39 is 23.8 Å². The van der Waals surface area contributed by atoms with Crippen LogP contribution in [0, 0.1) is 0 Å². The maximum Gasteiger partial charge on any atom is 0.259 e. The predicted octanol–water partition coefficient (Wildman–Crippen LogP) is 2.65. The molecule has 2 unspecified atom stereocenters. The summed E-state index contributed by atoms with van der Waals surface area (Å²) in [5, 5.41) is 44.6. The molecule has 36 heavy (non-hydrogen) atoms. The lowest BCUT2D eigenvalue weighted by Crippen LogP contribution is -2.39. The molecule has 4 rings (SSSR count).